The van der Waals surface area contributed by atoms with Gasteiger partial charge in [-0.3, -0.25) is 4.79 Å². The maximum Gasteiger partial charge on any atom is 0.251 e. The van der Waals surface area contributed by atoms with Crippen molar-refractivity contribution in [2.75, 3.05) is 19.0 Å². The summed E-state index contributed by atoms with van der Waals surface area (Å²) in [6.45, 7) is 6.22. The van der Waals surface area contributed by atoms with Crippen molar-refractivity contribution in [1.29, 1.82) is 0 Å². The number of amides is 1. The minimum absolute atomic E-state index is 0.0798. The molecule has 2 rings (SSSR count). The molecular formula is C17H22N4O. The van der Waals surface area contributed by atoms with E-state index in [-0.39, 0.29) is 5.91 Å². The molecule has 1 aromatic carbocycles. The maximum absolute atomic E-state index is 12.3. The van der Waals surface area contributed by atoms with Gasteiger partial charge in [0.25, 0.3) is 5.91 Å². The van der Waals surface area contributed by atoms with Crippen molar-refractivity contribution >= 4 is 11.9 Å². The van der Waals surface area contributed by atoms with Crippen LogP contribution in [-0.2, 0) is 6.54 Å². The standard InChI is InChI=1S/C17H22N4O/c1-11-6-7-12(2)15(8-11)16(22)18-10-14-9-13(3)19-17(20-14)21(4)5/h6-9H,10H2,1-5H3,(H,18,22). The first-order valence-corrected chi connectivity index (χ1v) is 7.24. The molecule has 0 saturated heterocycles. The summed E-state index contributed by atoms with van der Waals surface area (Å²) in [5.41, 5.74) is 4.43. The lowest BCUT2D eigenvalue weighted by Crippen LogP contribution is -2.25. The smallest absolute Gasteiger partial charge is 0.251 e. The molecule has 0 radical (unpaired) electrons. The van der Waals surface area contributed by atoms with E-state index in [1.165, 1.54) is 0 Å². The SMILES string of the molecule is Cc1ccc(C)c(C(=O)NCc2cc(C)nc(N(C)C)n2)c1. The number of hydrogen-bond donors (Lipinski definition) is 1. The van der Waals surface area contributed by atoms with Crippen LogP contribution in [0.2, 0.25) is 0 Å². The van der Waals surface area contributed by atoms with Gasteiger partial charge in [-0.05, 0) is 38.5 Å². The van der Waals surface area contributed by atoms with Crippen molar-refractivity contribution in [1.82, 2.24) is 15.3 Å². The molecule has 1 heterocycles. The Balaban J connectivity index is 2.13. The topological polar surface area (TPSA) is 58.1 Å². The Morgan fingerprint density at radius 1 is 1.14 bits per heavy atom. The van der Waals surface area contributed by atoms with E-state index in [1.54, 1.807) is 0 Å². The predicted octanol–water partition coefficient (Wildman–Crippen LogP) is 2.40. The molecule has 0 unspecified atom stereocenters. The van der Waals surface area contributed by atoms with Gasteiger partial charge in [-0.15, -0.1) is 0 Å². The molecule has 0 fully saturated rings. The second-order valence-corrected chi connectivity index (χ2v) is 5.70. The summed E-state index contributed by atoms with van der Waals surface area (Å²) in [4.78, 5) is 23.0. The van der Waals surface area contributed by atoms with Crippen molar-refractivity contribution in [3.05, 3.63) is 52.3 Å². The Bertz CT molecular complexity index is 695. The van der Waals surface area contributed by atoms with Gasteiger partial charge < -0.3 is 10.2 Å². The van der Waals surface area contributed by atoms with Crippen LogP contribution in [0.5, 0.6) is 0 Å². The first kappa shape index (κ1) is 15.9. The number of nitrogens with zero attached hydrogens (tertiary/aromatic N) is 3. The third kappa shape index (κ3) is 3.81. The third-order valence-electron chi connectivity index (χ3n) is 3.36. The van der Waals surface area contributed by atoms with E-state index in [1.807, 2.05) is 64.0 Å². The first-order valence-electron chi connectivity index (χ1n) is 7.24. The summed E-state index contributed by atoms with van der Waals surface area (Å²) in [6.07, 6.45) is 0. The molecule has 5 heteroatoms. The molecule has 1 N–H and O–H groups in total. The van der Waals surface area contributed by atoms with Crippen LogP contribution >= 0.6 is 0 Å². The molecule has 116 valence electrons. The van der Waals surface area contributed by atoms with Gasteiger partial charge in [0.05, 0.1) is 12.2 Å². The average Bonchev–Trinajstić information content (AvgIpc) is 2.46. The Hall–Kier alpha value is -2.43. The summed E-state index contributed by atoms with van der Waals surface area (Å²) in [6, 6.07) is 7.75. The molecule has 22 heavy (non-hydrogen) atoms. The van der Waals surface area contributed by atoms with Gasteiger partial charge in [0.15, 0.2) is 0 Å². The lowest BCUT2D eigenvalue weighted by molar-refractivity contribution is 0.0949. The molecule has 5 nitrogen and oxygen atoms in total. The first-order chi connectivity index (χ1) is 10.4. The van der Waals surface area contributed by atoms with Crippen LogP contribution < -0.4 is 10.2 Å². The summed E-state index contributed by atoms with van der Waals surface area (Å²) in [7, 11) is 3.79. The molecule has 2 aromatic rings. The highest BCUT2D eigenvalue weighted by molar-refractivity contribution is 5.95. The Morgan fingerprint density at radius 3 is 2.55 bits per heavy atom. The highest BCUT2D eigenvalue weighted by Crippen LogP contribution is 2.11. The number of rotatable bonds is 4. The molecule has 1 amide bonds. The summed E-state index contributed by atoms with van der Waals surface area (Å²) < 4.78 is 0. The van der Waals surface area contributed by atoms with Crippen LogP contribution in [0, 0.1) is 20.8 Å². The number of nitrogens with one attached hydrogen (secondary N) is 1. The van der Waals surface area contributed by atoms with Crippen molar-refractivity contribution < 1.29 is 4.79 Å². The number of anilines is 1. The molecule has 0 aliphatic carbocycles. The number of aromatic nitrogens is 2. The summed E-state index contributed by atoms with van der Waals surface area (Å²) >= 11 is 0. The minimum atomic E-state index is -0.0798. The molecule has 0 aliphatic heterocycles. The van der Waals surface area contributed by atoms with Crippen molar-refractivity contribution in [3.63, 3.8) is 0 Å². The lowest BCUT2D eigenvalue weighted by Gasteiger charge is -2.13. The summed E-state index contributed by atoms with van der Waals surface area (Å²) in [5.74, 6) is 0.569. The van der Waals surface area contributed by atoms with E-state index < -0.39 is 0 Å². The van der Waals surface area contributed by atoms with Gasteiger partial charge in [-0.2, -0.15) is 0 Å². The molecule has 0 aliphatic rings. The fourth-order valence-corrected chi connectivity index (χ4v) is 2.15. The monoisotopic (exact) mass is 298 g/mol. The summed E-state index contributed by atoms with van der Waals surface area (Å²) in [5, 5.41) is 2.93. The van der Waals surface area contributed by atoms with Gasteiger partial charge in [-0.1, -0.05) is 17.7 Å². The van der Waals surface area contributed by atoms with Gasteiger partial charge in [0, 0.05) is 25.4 Å². The van der Waals surface area contributed by atoms with Gasteiger partial charge >= 0.3 is 0 Å². The van der Waals surface area contributed by atoms with Crippen LogP contribution in [0.1, 0.15) is 32.9 Å². The van der Waals surface area contributed by atoms with E-state index in [9.17, 15) is 4.79 Å². The number of carbonyl (C=O) groups is 1. The highest BCUT2D eigenvalue weighted by atomic mass is 16.1. The molecule has 0 spiro atoms. The average molecular weight is 298 g/mol. The van der Waals surface area contributed by atoms with Crippen LogP contribution in [0.3, 0.4) is 0 Å². The number of aryl methyl sites for hydroxylation is 3. The highest BCUT2D eigenvalue weighted by Gasteiger charge is 2.10. The van der Waals surface area contributed by atoms with E-state index in [4.69, 9.17) is 0 Å². The van der Waals surface area contributed by atoms with Gasteiger partial charge in [0.2, 0.25) is 5.95 Å². The fourth-order valence-electron chi connectivity index (χ4n) is 2.15. The zero-order valence-corrected chi connectivity index (χ0v) is 13.8. The predicted molar refractivity (Wildman–Crippen MR) is 88.2 cm³/mol. The second-order valence-electron chi connectivity index (χ2n) is 5.70. The Morgan fingerprint density at radius 2 is 1.86 bits per heavy atom. The Kier molecular flexibility index (Phi) is 4.75. The largest absolute Gasteiger partial charge is 0.347 e. The minimum Gasteiger partial charge on any atom is -0.347 e. The molecule has 0 saturated carbocycles. The van der Waals surface area contributed by atoms with Crippen LogP contribution in [0.25, 0.3) is 0 Å². The lowest BCUT2D eigenvalue weighted by atomic mass is 10.1. The second kappa shape index (κ2) is 6.56. The van der Waals surface area contributed by atoms with Crippen LogP contribution in [0.15, 0.2) is 24.3 Å². The normalized spacial score (nSPS) is 10.4. The number of benzene rings is 1. The van der Waals surface area contributed by atoms with Crippen LogP contribution in [0.4, 0.5) is 5.95 Å². The number of hydrogen-bond acceptors (Lipinski definition) is 4. The third-order valence-corrected chi connectivity index (χ3v) is 3.36. The van der Waals surface area contributed by atoms with E-state index >= 15 is 0 Å². The van der Waals surface area contributed by atoms with Crippen molar-refractivity contribution in [2.24, 2.45) is 0 Å². The zero-order valence-electron chi connectivity index (χ0n) is 13.8. The van der Waals surface area contributed by atoms with Gasteiger partial charge in [-0.25, -0.2) is 9.97 Å². The maximum atomic E-state index is 12.3. The molecular weight excluding hydrogens is 276 g/mol. The Labute approximate surface area is 131 Å². The van der Waals surface area contributed by atoms with Gasteiger partial charge in [0.1, 0.15) is 0 Å². The number of carbonyl (C=O) groups excluding carboxylic acids is 1. The zero-order chi connectivity index (χ0) is 16.3. The van der Waals surface area contributed by atoms with Crippen LogP contribution in [-0.4, -0.2) is 30.0 Å². The van der Waals surface area contributed by atoms with E-state index in [0.29, 0.717) is 18.1 Å². The van der Waals surface area contributed by atoms with E-state index in [0.717, 1.165) is 22.5 Å². The van der Waals surface area contributed by atoms with Crippen molar-refractivity contribution in [3.8, 4) is 0 Å². The molecule has 0 atom stereocenters. The quantitative estimate of drug-likeness (QED) is 0.941. The fraction of sp³-hybridized carbons (Fsp3) is 0.353. The molecule has 0 bridgehead atoms. The van der Waals surface area contributed by atoms with Crippen molar-refractivity contribution in [2.45, 2.75) is 27.3 Å². The molecule has 1 aromatic heterocycles. The van der Waals surface area contributed by atoms with E-state index in [2.05, 4.69) is 15.3 Å².